The lowest BCUT2D eigenvalue weighted by atomic mass is 10.0. The minimum absolute atomic E-state index is 0.248. The molecule has 0 saturated heterocycles. The average molecular weight is 286 g/mol. The molecule has 0 aliphatic rings. The zero-order valence-electron chi connectivity index (χ0n) is 13.3. The number of hydrogen-bond donors (Lipinski definition) is 1. The molecular formula is C18H26N2O. The third-order valence-corrected chi connectivity index (χ3v) is 3.86. The molecule has 2 aromatic rings. The van der Waals surface area contributed by atoms with Crippen molar-refractivity contribution >= 4 is 10.9 Å². The Bertz CT molecular complexity index is 550. The van der Waals surface area contributed by atoms with E-state index in [1.807, 2.05) is 19.2 Å². The zero-order chi connectivity index (χ0) is 15.1. The number of nitrogens with one attached hydrogen (secondary N) is 1. The summed E-state index contributed by atoms with van der Waals surface area (Å²) in [6, 6.07) is 12.8. The molecule has 0 amide bonds. The van der Waals surface area contributed by atoms with Crippen molar-refractivity contribution in [2.75, 3.05) is 13.7 Å². The van der Waals surface area contributed by atoms with Crippen molar-refractivity contribution in [2.45, 2.75) is 45.3 Å². The second-order valence-electron chi connectivity index (χ2n) is 5.38. The van der Waals surface area contributed by atoms with Gasteiger partial charge >= 0.3 is 0 Å². The lowest BCUT2D eigenvalue weighted by molar-refractivity contribution is 0.0299. The molecule has 0 aliphatic carbocycles. The van der Waals surface area contributed by atoms with Crippen LogP contribution >= 0.6 is 0 Å². The molecule has 1 aromatic heterocycles. The predicted octanol–water partition coefficient (Wildman–Crippen LogP) is 3.57. The molecule has 0 saturated carbocycles. The maximum absolute atomic E-state index is 5.90. The van der Waals surface area contributed by atoms with Gasteiger partial charge in [0.1, 0.15) is 0 Å². The van der Waals surface area contributed by atoms with Gasteiger partial charge in [-0.05, 0) is 32.5 Å². The smallest absolute Gasteiger partial charge is 0.0731 e. The molecule has 2 unspecified atom stereocenters. The molecule has 0 fully saturated rings. The van der Waals surface area contributed by atoms with Crippen LogP contribution in [0.25, 0.3) is 10.9 Å². The first-order valence-corrected chi connectivity index (χ1v) is 7.92. The van der Waals surface area contributed by atoms with Crippen molar-refractivity contribution in [3.05, 3.63) is 42.1 Å². The number of benzene rings is 1. The Balaban J connectivity index is 2.14. The number of pyridine rings is 1. The van der Waals surface area contributed by atoms with E-state index in [0.29, 0.717) is 6.04 Å². The van der Waals surface area contributed by atoms with E-state index in [1.54, 1.807) is 0 Å². The molecule has 0 aliphatic heterocycles. The van der Waals surface area contributed by atoms with Gasteiger partial charge in [-0.3, -0.25) is 4.98 Å². The van der Waals surface area contributed by atoms with Crippen LogP contribution in [0.3, 0.4) is 0 Å². The number of hydrogen-bond acceptors (Lipinski definition) is 3. The van der Waals surface area contributed by atoms with Gasteiger partial charge in [0.25, 0.3) is 0 Å². The van der Waals surface area contributed by atoms with Crippen molar-refractivity contribution < 1.29 is 4.74 Å². The summed E-state index contributed by atoms with van der Waals surface area (Å²) in [5.74, 6) is 0. The van der Waals surface area contributed by atoms with Gasteiger partial charge in [0, 0.05) is 30.1 Å². The van der Waals surface area contributed by atoms with Gasteiger partial charge in [0.05, 0.1) is 11.6 Å². The highest BCUT2D eigenvalue weighted by molar-refractivity contribution is 5.78. The Kier molecular flexibility index (Phi) is 6.15. The molecule has 0 bridgehead atoms. The van der Waals surface area contributed by atoms with E-state index in [2.05, 4.69) is 43.4 Å². The van der Waals surface area contributed by atoms with E-state index in [1.165, 1.54) is 5.39 Å². The molecule has 114 valence electrons. The van der Waals surface area contributed by atoms with Crippen molar-refractivity contribution in [2.24, 2.45) is 0 Å². The highest BCUT2D eigenvalue weighted by Crippen LogP contribution is 2.16. The van der Waals surface area contributed by atoms with Crippen LogP contribution in [-0.2, 0) is 11.2 Å². The Morgan fingerprint density at radius 1 is 1.14 bits per heavy atom. The zero-order valence-corrected chi connectivity index (χ0v) is 13.3. The van der Waals surface area contributed by atoms with Gasteiger partial charge in [-0.25, -0.2) is 0 Å². The maximum atomic E-state index is 5.90. The quantitative estimate of drug-likeness (QED) is 0.805. The monoisotopic (exact) mass is 286 g/mol. The normalized spacial score (nSPS) is 14.2. The Morgan fingerprint density at radius 3 is 2.67 bits per heavy atom. The lowest BCUT2D eigenvalue weighted by Gasteiger charge is -2.26. The molecule has 1 N–H and O–H groups in total. The molecule has 0 spiro atoms. The molecule has 2 atom stereocenters. The first-order chi connectivity index (χ1) is 10.3. The lowest BCUT2D eigenvalue weighted by Crippen LogP contribution is -2.41. The van der Waals surface area contributed by atoms with Crippen LogP contribution in [0.2, 0.25) is 0 Å². The van der Waals surface area contributed by atoms with Gasteiger partial charge in [-0.1, -0.05) is 37.6 Å². The van der Waals surface area contributed by atoms with Gasteiger partial charge in [0.15, 0.2) is 0 Å². The summed E-state index contributed by atoms with van der Waals surface area (Å²) in [4.78, 5) is 4.77. The van der Waals surface area contributed by atoms with Crippen molar-refractivity contribution in [1.82, 2.24) is 10.3 Å². The summed E-state index contributed by atoms with van der Waals surface area (Å²) in [6.07, 6.45) is 3.35. The van der Waals surface area contributed by atoms with Crippen molar-refractivity contribution in [1.29, 1.82) is 0 Å². The van der Waals surface area contributed by atoms with Crippen molar-refractivity contribution in [3.63, 3.8) is 0 Å². The summed E-state index contributed by atoms with van der Waals surface area (Å²) >= 11 is 0. The molecule has 2 rings (SSSR count). The Labute approximate surface area is 127 Å². The first-order valence-electron chi connectivity index (χ1n) is 7.92. The summed E-state index contributed by atoms with van der Waals surface area (Å²) in [7, 11) is 2.01. The molecule has 0 radical (unpaired) electrons. The van der Waals surface area contributed by atoms with Gasteiger partial charge in [-0.2, -0.15) is 0 Å². The maximum Gasteiger partial charge on any atom is 0.0731 e. The number of rotatable bonds is 8. The van der Waals surface area contributed by atoms with Crippen LogP contribution < -0.4 is 5.32 Å². The van der Waals surface area contributed by atoms with Crippen LogP contribution in [0.4, 0.5) is 0 Å². The third kappa shape index (κ3) is 4.26. The third-order valence-electron chi connectivity index (χ3n) is 3.86. The van der Waals surface area contributed by atoms with E-state index in [9.17, 15) is 0 Å². The fraction of sp³-hybridized carbons (Fsp3) is 0.500. The average Bonchev–Trinajstić information content (AvgIpc) is 2.52. The Morgan fingerprint density at radius 2 is 1.95 bits per heavy atom. The molecule has 1 aromatic carbocycles. The molecule has 3 nitrogen and oxygen atoms in total. The summed E-state index contributed by atoms with van der Waals surface area (Å²) < 4.78 is 5.90. The predicted molar refractivity (Wildman–Crippen MR) is 88.6 cm³/mol. The molecule has 3 heteroatoms. The second-order valence-corrected chi connectivity index (χ2v) is 5.38. The van der Waals surface area contributed by atoms with Crippen LogP contribution in [0.15, 0.2) is 36.4 Å². The number of fused-ring (bicyclic) bond motifs is 1. The number of nitrogens with zero attached hydrogens (tertiary/aromatic N) is 1. The molecular weight excluding hydrogens is 260 g/mol. The van der Waals surface area contributed by atoms with Crippen LogP contribution in [0.5, 0.6) is 0 Å². The van der Waals surface area contributed by atoms with Crippen LogP contribution in [-0.4, -0.2) is 30.8 Å². The number of ether oxygens (including phenoxy) is 1. The van der Waals surface area contributed by atoms with Gasteiger partial charge in [-0.15, -0.1) is 0 Å². The minimum Gasteiger partial charge on any atom is -0.377 e. The van der Waals surface area contributed by atoms with E-state index in [4.69, 9.17) is 9.72 Å². The largest absolute Gasteiger partial charge is 0.377 e. The number of aromatic nitrogens is 1. The van der Waals surface area contributed by atoms with E-state index in [0.717, 1.165) is 37.1 Å². The number of likely N-dealkylation sites (N-methyl/N-ethyl adjacent to an activating group) is 1. The van der Waals surface area contributed by atoms with E-state index in [-0.39, 0.29) is 6.10 Å². The number of para-hydroxylation sites is 1. The van der Waals surface area contributed by atoms with E-state index < -0.39 is 0 Å². The van der Waals surface area contributed by atoms with Crippen molar-refractivity contribution in [3.8, 4) is 0 Å². The summed E-state index contributed by atoms with van der Waals surface area (Å²) in [5, 5.41) is 4.60. The second kappa shape index (κ2) is 8.11. The highest BCUT2D eigenvalue weighted by Gasteiger charge is 2.20. The molecule has 1 heterocycles. The molecule has 21 heavy (non-hydrogen) atoms. The highest BCUT2D eigenvalue weighted by atomic mass is 16.5. The minimum atomic E-state index is 0.248. The summed E-state index contributed by atoms with van der Waals surface area (Å²) in [5.41, 5.74) is 2.18. The topological polar surface area (TPSA) is 34.1 Å². The fourth-order valence-corrected chi connectivity index (χ4v) is 2.77. The first kappa shape index (κ1) is 15.9. The van der Waals surface area contributed by atoms with Gasteiger partial charge in [0.2, 0.25) is 0 Å². The Hall–Kier alpha value is -1.45. The van der Waals surface area contributed by atoms with Crippen LogP contribution in [0.1, 0.15) is 32.4 Å². The fourth-order valence-electron chi connectivity index (χ4n) is 2.77. The van der Waals surface area contributed by atoms with E-state index >= 15 is 0 Å². The van der Waals surface area contributed by atoms with Gasteiger partial charge < -0.3 is 10.1 Å². The summed E-state index contributed by atoms with van der Waals surface area (Å²) in [6.45, 7) is 5.02. The van der Waals surface area contributed by atoms with Crippen LogP contribution in [0, 0.1) is 0 Å². The standard InChI is InChI=1S/C18H26N2O/c1-4-8-18(21-5-2)17(19-3)13-15-12-11-14-9-6-7-10-16(14)20-15/h6-7,9-12,17-19H,4-5,8,13H2,1-3H3. The SMILES string of the molecule is CCCC(OCC)C(Cc1ccc2ccccc2n1)NC.